The van der Waals surface area contributed by atoms with E-state index in [0.717, 1.165) is 19.4 Å². The van der Waals surface area contributed by atoms with E-state index in [9.17, 15) is 0 Å². The van der Waals surface area contributed by atoms with Crippen LogP contribution in [0.5, 0.6) is 0 Å². The quantitative estimate of drug-likeness (QED) is 0.593. The molecule has 0 aromatic heterocycles. The summed E-state index contributed by atoms with van der Waals surface area (Å²) >= 11 is 1.88. The highest BCUT2D eigenvalue weighted by atomic mass is 32.2. The van der Waals surface area contributed by atoms with E-state index < -0.39 is 0 Å². The minimum atomic E-state index is 0.132. The van der Waals surface area contributed by atoms with Gasteiger partial charge in [-0.3, -0.25) is 0 Å². The van der Waals surface area contributed by atoms with E-state index in [1.807, 2.05) is 11.8 Å². The summed E-state index contributed by atoms with van der Waals surface area (Å²) in [6.07, 6.45) is 5.27. The van der Waals surface area contributed by atoms with Crippen molar-refractivity contribution in [2.75, 3.05) is 25.2 Å². The molecule has 0 spiro atoms. The largest absolute Gasteiger partial charge is 0.396 e. The summed E-state index contributed by atoms with van der Waals surface area (Å²) in [6.45, 7) is 5.69. The molecule has 0 amide bonds. The van der Waals surface area contributed by atoms with Crippen molar-refractivity contribution in [2.45, 2.75) is 38.6 Å². The molecular formula is C10H23NOS. The van der Waals surface area contributed by atoms with E-state index in [4.69, 9.17) is 5.11 Å². The van der Waals surface area contributed by atoms with Crippen molar-refractivity contribution in [1.29, 1.82) is 0 Å². The Labute approximate surface area is 86.5 Å². The van der Waals surface area contributed by atoms with Crippen molar-refractivity contribution in [1.82, 2.24) is 5.32 Å². The molecule has 0 bridgehead atoms. The Morgan fingerprint density at radius 2 is 2.15 bits per heavy atom. The molecule has 0 rings (SSSR count). The Bertz CT molecular complexity index is 121. The lowest BCUT2D eigenvalue weighted by Crippen LogP contribution is -2.43. The lowest BCUT2D eigenvalue weighted by atomic mass is 9.95. The van der Waals surface area contributed by atoms with E-state index in [1.54, 1.807) is 0 Å². The first kappa shape index (κ1) is 13.3. The fraction of sp³-hybridized carbons (Fsp3) is 1.00. The van der Waals surface area contributed by atoms with Gasteiger partial charge in [0.05, 0.1) is 0 Å². The Hall–Kier alpha value is 0.270. The van der Waals surface area contributed by atoms with Gasteiger partial charge in [0.25, 0.3) is 0 Å². The van der Waals surface area contributed by atoms with Crippen molar-refractivity contribution in [2.24, 2.45) is 0 Å². The number of hydrogen-bond donors (Lipinski definition) is 2. The van der Waals surface area contributed by atoms with Crippen LogP contribution in [0.1, 0.15) is 33.1 Å². The normalized spacial score (nSPS) is 15.7. The third kappa shape index (κ3) is 6.36. The minimum absolute atomic E-state index is 0.132. The summed E-state index contributed by atoms with van der Waals surface area (Å²) < 4.78 is 0. The van der Waals surface area contributed by atoms with E-state index in [1.165, 1.54) is 12.2 Å². The van der Waals surface area contributed by atoms with Crippen LogP contribution in [-0.2, 0) is 0 Å². The highest BCUT2D eigenvalue weighted by Gasteiger charge is 2.19. The summed E-state index contributed by atoms with van der Waals surface area (Å²) in [5.41, 5.74) is 0.132. The number of rotatable bonds is 8. The molecule has 0 aromatic carbocycles. The average molecular weight is 205 g/mol. The average Bonchev–Trinajstić information content (AvgIpc) is 2.13. The van der Waals surface area contributed by atoms with Gasteiger partial charge in [-0.1, -0.05) is 6.92 Å². The third-order valence-corrected chi connectivity index (χ3v) is 3.22. The molecule has 0 saturated heterocycles. The second-order valence-electron chi connectivity index (χ2n) is 3.66. The van der Waals surface area contributed by atoms with Gasteiger partial charge in [0.15, 0.2) is 0 Å². The Balaban J connectivity index is 3.57. The van der Waals surface area contributed by atoms with Crippen LogP contribution in [0.25, 0.3) is 0 Å². The highest BCUT2D eigenvalue weighted by Crippen LogP contribution is 2.13. The molecule has 13 heavy (non-hydrogen) atoms. The number of aliphatic hydroxyl groups excluding tert-OH is 1. The Morgan fingerprint density at radius 1 is 1.46 bits per heavy atom. The van der Waals surface area contributed by atoms with E-state index in [-0.39, 0.29) is 12.1 Å². The van der Waals surface area contributed by atoms with Crippen molar-refractivity contribution in [3.8, 4) is 0 Å². The monoisotopic (exact) mass is 205 g/mol. The molecule has 0 aromatic rings. The lowest BCUT2D eigenvalue weighted by Gasteiger charge is -2.29. The predicted molar refractivity (Wildman–Crippen MR) is 61.4 cm³/mol. The van der Waals surface area contributed by atoms with Crippen LogP contribution in [0.2, 0.25) is 0 Å². The zero-order chi connectivity index (χ0) is 10.2. The molecule has 2 N–H and O–H groups in total. The van der Waals surface area contributed by atoms with Gasteiger partial charge < -0.3 is 10.4 Å². The number of thioether (sulfide) groups is 1. The molecule has 80 valence electrons. The van der Waals surface area contributed by atoms with Gasteiger partial charge in [-0.25, -0.2) is 0 Å². The molecule has 0 saturated carbocycles. The molecule has 2 nitrogen and oxygen atoms in total. The van der Waals surface area contributed by atoms with Crippen molar-refractivity contribution in [3.05, 3.63) is 0 Å². The summed E-state index contributed by atoms with van der Waals surface area (Å²) in [7, 11) is 0. The van der Waals surface area contributed by atoms with Crippen LogP contribution in [0.3, 0.4) is 0 Å². The second kappa shape index (κ2) is 7.65. The number of hydrogen-bond acceptors (Lipinski definition) is 3. The maximum atomic E-state index is 8.89. The third-order valence-electron chi connectivity index (χ3n) is 2.52. The summed E-state index contributed by atoms with van der Waals surface area (Å²) in [5, 5.41) is 12.4. The Kier molecular flexibility index (Phi) is 7.81. The van der Waals surface area contributed by atoms with Crippen LogP contribution in [-0.4, -0.2) is 35.8 Å². The molecule has 0 aliphatic carbocycles. The summed E-state index contributed by atoms with van der Waals surface area (Å²) in [5.74, 6) is 1.21. The first-order valence-corrected chi connectivity index (χ1v) is 6.42. The van der Waals surface area contributed by atoms with Crippen molar-refractivity contribution in [3.63, 3.8) is 0 Å². The topological polar surface area (TPSA) is 32.3 Å². The highest BCUT2D eigenvalue weighted by molar-refractivity contribution is 7.98. The molecule has 0 aliphatic heterocycles. The SMILES string of the molecule is CCC(C)(CCO)NCCCSC. The van der Waals surface area contributed by atoms with Crippen molar-refractivity contribution >= 4 is 11.8 Å². The van der Waals surface area contributed by atoms with Gasteiger partial charge in [-0.2, -0.15) is 11.8 Å². The van der Waals surface area contributed by atoms with Gasteiger partial charge in [-0.15, -0.1) is 0 Å². The van der Waals surface area contributed by atoms with E-state index in [2.05, 4.69) is 25.4 Å². The maximum Gasteiger partial charge on any atom is 0.0448 e. The fourth-order valence-corrected chi connectivity index (χ4v) is 1.68. The predicted octanol–water partition coefficient (Wildman–Crippen LogP) is 1.88. The van der Waals surface area contributed by atoms with Gasteiger partial charge >= 0.3 is 0 Å². The van der Waals surface area contributed by atoms with Crippen molar-refractivity contribution < 1.29 is 5.11 Å². The van der Waals surface area contributed by atoms with Gasteiger partial charge in [0.2, 0.25) is 0 Å². The summed E-state index contributed by atoms with van der Waals surface area (Å²) in [4.78, 5) is 0. The molecule has 0 fully saturated rings. The lowest BCUT2D eigenvalue weighted by molar-refractivity contribution is 0.216. The molecular weight excluding hydrogens is 182 g/mol. The number of aliphatic hydroxyl groups is 1. The standard InChI is InChI=1S/C10H23NOS/c1-4-10(2,6-8-12)11-7-5-9-13-3/h11-12H,4-9H2,1-3H3. The van der Waals surface area contributed by atoms with Crippen LogP contribution < -0.4 is 5.32 Å². The second-order valence-corrected chi connectivity index (χ2v) is 4.65. The molecule has 0 aliphatic rings. The maximum absolute atomic E-state index is 8.89. The van der Waals surface area contributed by atoms with Crippen LogP contribution >= 0.6 is 11.8 Å². The van der Waals surface area contributed by atoms with Gasteiger partial charge in [0, 0.05) is 12.1 Å². The van der Waals surface area contributed by atoms with Crippen LogP contribution in [0.4, 0.5) is 0 Å². The summed E-state index contributed by atoms with van der Waals surface area (Å²) in [6, 6.07) is 0. The smallest absolute Gasteiger partial charge is 0.0448 e. The van der Waals surface area contributed by atoms with Gasteiger partial charge in [0.1, 0.15) is 0 Å². The first-order chi connectivity index (χ1) is 6.18. The first-order valence-electron chi connectivity index (χ1n) is 5.03. The zero-order valence-corrected chi connectivity index (χ0v) is 9.91. The fourth-order valence-electron chi connectivity index (χ4n) is 1.24. The molecule has 0 heterocycles. The van der Waals surface area contributed by atoms with E-state index in [0.29, 0.717) is 0 Å². The molecule has 3 heteroatoms. The van der Waals surface area contributed by atoms with Crippen LogP contribution in [0.15, 0.2) is 0 Å². The molecule has 1 atom stereocenters. The zero-order valence-electron chi connectivity index (χ0n) is 9.10. The van der Waals surface area contributed by atoms with Gasteiger partial charge in [-0.05, 0) is 44.7 Å². The molecule has 1 unspecified atom stereocenters. The van der Waals surface area contributed by atoms with Crippen LogP contribution in [0, 0.1) is 0 Å². The Morgan fingerprint density at radius 3 is 2.62 bits per heavy atom. The molecule has 0 radical (unpaired) electrons. The minimum Gasteiger partial charge on any atom is -0.396 e. The van der Waals surface area contributed by atoms with E-state index >= 15 is 0 Å². The number of nitrogens with one attached hydrogen (secondary N) is 1.